The minimum atomic E-state index is -3.57. The van der Waals surface area contributed by atoms with Crippen LogP contribution in [0.4, 0.5) is 17.3 Å². The van der Waals surface area contributed by atoms with Crippen molar-refractivity contribution in [1.82, 2.24) is 19.6 Å². The Morgan fingerprint density at radius 2 is 1.68 bits per heavy atom. The van der Waals surface area contributed by atoms with Crippen molar-refractivity contribution in [3.8, 4) is 11.3 Å². The van der Waals surface area contributed by atoms with Crippen molar-refractivity contribution in [2.75, 3.05) is 36.8 Å². The quantitative estimate of drug-likeness (QED) is 0.266. The minimum absolute atomic E-state index is 0.141. The lowest BCUT2D eigenvalue weighted by Crippen LogP contribution is -2.33. The normalized spacial score (nSPS) is 13.9. The van der Waals surface area contributed by atoms with Gasteiger partial charge in [0, 0.05) is 36.2 Å². The summed E-state index contributed by atoms with van der Waals surface area (Å²) in [5, 5.41) is 7.87. The van der Waals surface area contributed by atoms with Crippen LogP contribution in [0.2, 0.25) is 0 Å². The first-order valence-electron chi connectivity index (χ1n) is 12.3. The van der Waals surface area contributed by atoms with Crippen molar-refractivity contribution in [1.29, 1.82) is 0 Å². The standard InChI is InChI=1S/C27H28N6O3S2/c34-26(25-4-3-19-37-25)30-21-7-5-20(6-8-21)24-13-14-28-27(32-24)31-22-9-11-23(12-10-22)38(35,36)29-15-18-33-16-1-2-17-33/h3-14,19,29H,1-2,15-18H2,(H,30,34)(H,28,31,32). The number of aromatic nitrogens is 2. The van der Waals surface area contributed by atoms with Crippen LogP contribution in [0.1, 0.15) is 22.5 Å². The van der Waals surface area contributed by atoms with Gasteiger partial charge in [0.2, 0.25) is 16.0 Å². The molecular weight excluding hydrogens is 520 g/mol. The highest BCUT2D eigenvalue weighted by Gasteiger charge is 2.16. The molecule has 0 atom stereocenters. The van der Waals surface area contributed by atoms with E-state index in [0.717, 1.165) is 25.2 Å². The number of hydrogen-bond acceptors (Lipinski definition) is 8. The number of sulfonamides is 1. The van der Waals surface area contributed by atoms with Crippen LogP contribution in [0, 0.1) is 0 Å². The molecule has 5 rings (SSSR count). The van der Waals surface area contributed by atoms with Crippen LogP contribution >= 0.6 is 11.3 Å². The van der Waals surface area contributed by atoms with Crippen LogP contribution in [0.15, 0.2) is 83.2 Å². The molecule has 38 heavy (non-hydrogen) atoms. The fourth-order valence-corrected chi connectivity index (χ4v) is 5.82. The molecule has 11 heteroatoms. The number of thiophene rings is 1. The second-order valence-electron chi connectivity index (χ2n) is 8.87. The van der Waals surface area contributed by atoms with Gasteiger partial charge < -0.3 is 15.5 Å². The van der Waals surface area contributed by atoms with Crippen LogP contribution < -0.4 is 15.4 Å². The molecule has 196 valence electrons. The maximum absolute atomic E-state index is 12.6. The molecule has 3 heterocycles. The van der Waals surface area contributed by atoms with Crippen molar-refractivity contribution in [2.45, 2.75) is 17.7 Å². The number of carbonyl (C=O) groups excluding carboxylic acids is 1. The summed E-state index contributed by atoms with van der Waals surface area (Å²) in [4.78, 5) is 24.2. The molecule has 0 spiro atoms. The zero-order chi connectivity index (χ0) is 26.4. The molecule has 3 N–H and O–H groups in total. The summed E-state index contributed by atoms with van der Waals surface area (Å²) >= 11 is 1.39. The van der Waals surface area contributed by atoms with E-state index in [1.54, 1.807) is 42.6 Å². The van der Waals surface area contributed by atoms with Crippen molar-refractivity contribution in [3.63, 3.8) is 0 Å². The van der Waals surface area contributed by atoms with E-state index in [2.05, 4.69) is 30.2 Å². The van der Waals surface area contributed by atoms with E-state index < -0.39 is 10.0 Å². The summed E-state index contributed by atoms with van der Waals surface area (Å²) in [7, 11) is -3.57. The molecule has 0 aliphatic carbocycles. The Labute approximate surface area is 226 Å². The van der Waals surface area contributed by atoms with Gasteiger partial charge in [-0.1, -0.05) is 18.2 Å². The third-order valence-corrected chi connectivity index (χ3v) is 8.52. The molecule has 1 amide bonds. The van der Waals surface area contributed by atoms with Gasteiger partial charge in [-0.3, -0.25) is 4.79 Å². The predicted octanol–water partition coefficient (Wildman–Crippen LogP) is 4.58. The SMILES string of the molecule is O=C(Nc1ccc(-c2ccnc(Nc3ccc(S(=O)(=O)NCCN4CCCC4)cc3)n2)cc1)c1cccs1. The van der Waals surface area contributed by atoms with E-state index in [0.29, 0.717) is 34.4 Å². The van der Waals surface area contributed by atoms with Gasteiger partial charge in [-0.25, -0.2) is 23.1 Å². The number of amides is 1. The zero-order valence-corrected chi connectivity index (χ0v) is 22.3. The molecule has 0 radical (unpaired) electrons. The molecule has 1 aliphatic rings. The molecule has 9 nitrogen and oxygen atoms in total. The first-order chi connectivity index (χ1) is 18.5. The second kappa shape index (κ2) is 11.8. The van der Waals surface area contributed by atoms with E-state index in [9.17, 15) is 13.2 Å². The van der Waals surface area contributed by atoms with E-state index >= 15 is 0 Å². The number of hydrogen-bond donors (Lipinski definition) is 3. The van der Waals surface area contributed by atoms with E-state index in [1.165, 1.54) is 24.2 Å². The molecule has 1 saturated heterocycles. The van der Waals surface area contributed by atoms with Gasteiger partial charge in [0.25, 0.3) is 5.91 Å². The van der Waals surface area contributed by atoms with Gasteiger partial charge in [0.05, 0.1) is 15.5 Å². The third kappa shape index (κ3) is 6.62. The lowest BCUT2D eigenvalue weighted by Gasteiger charge is -2.15. The average Bonchev–Trinajstić information content (AvgIpc) is 3.65. The van der Waals surface area contributed by atoms with Crippen LogP contribution in [0.25, 0.3) is 11.3 Å². The molecule has 0 unspecified atom stereocenters. The van der Waals surface area contributed by atoms with Gasteiger partial charge in [-0.05, 0) is 79.8 Å². The first-order valence-corrected chi connectivity index (χ1v) is 14.7. The lowest BCUT2D eigenvalue weighted by molar-refractivity contribution is 0.103. The Morgan fingerprint density at radius 3 is 2.39 bits per heavy atom. The maximum Gasteiger partial charge on any atom is 0.265 e. The Balaban J connectivity index is 1.19. The smallest absolute Gasteiger partial charge is 0.265 e. The molecule has 1 aliphatic heterocycles. The Kier molecular flexibility index (Phi) is 8.08. The number of carbonyl (C=O) groups is 1. The van der Waals surface area contributed by atoms with Gasteiger partial charge >= 0.3 is 0 Å². The number of rotatable bonds is 10. The molecule has 2 aromatic carbocycles. The number of nitrogens with zero attached hydrogens (tertiary/aromatic N) is 3. The topological polar surface area (TPSA) is 116 Å². The number of likely N-dealkylation sites (tertiary alicyclic amines) is 1. The second-order valence-corrected chi connectivity index (χ2v) is 11.6. The highest BCUT2D eigenvalue weighted by molar-refractivity contribution is 7.89. The van der Waals surface area contributed by atoms with Gasteiger partial charge in [0.1, 0.15) is 0 Å². The lowest BCUT2D eigenvalue weighted by atomic mass is 10.1. The van der Waals surface area contributed by atoms with Crippen LogP contribution in [0.5, 0.6) is 0 Å². The molecule has 4 aromatic rings. The minimum Gasteiger partial charge on any atom is -0.324 e. The van der Waals surface area contributed by atoms with Crippen molar-refractivity contribution in [3.05, 3.63) is 83.2 Å². The summed E-state index contributed by atoms with van der Waals surface area (Å²) in [5.74, 6) is 0.245. The van der Waals surface area contributed by atoms with E-state index in [1.807, 2.05) is 35.7 Å². The highest BCUT2D eigenvalue weighted by atomic mass is 32.2. The van der Waals surface area contributed by atoms with Crippen LogP contribution in [0.3, 0.4) is 0 Å². The molecule has 0 bridgehead atoms. The number of anilines is 3. The third-order valence-electron chi connectivity index (χ3n) is 6.18. The largest absolute Gasteiger partial charge is 0.324 e. The Bertz CT molecular complexity index is 1470. The van der Waals surface area contributed by atoms with Gasteiger partial charge in [-0.15, -0.1) is 11.3 Å². The van der Waals surface area contributed by atoms with Crippen LogP contribution in [-0.4, -0.2) is 55.4 Å². The fourth-order valence-electron chi connectivity index (χ4n) is 4.18. The van der Waals surface area contributed by atoms with E-state index in [4.69, 9.17) is 0 Å². The summed E-state index contributed by atoms with van der Waals surface area (Å²) < 4.78 is 27.9. The fraction of sp³-hybridized carbons (Fsp3) is 0.222. The summed E-state index contributed by atoms with van der Waals surface area (Å²) in [5.41, 5.74) is 2.94. The summed E-state index contributed by atoms with van der Waals surface area (Å²) in [6.45, 7) is 3.18. The van der Waals surface area contributed by atoms with Crippen molar-refractivity contribution < 1.29 is 13.2 Å². The summed E-state index contributed by atoms with van der Waals surface area (Å²) in [6, 6.07) is 19.3. The van der Waals surface area contributed by atoms with Gasteiger partial charge in [0.15, 0.2) is 0 Å². The zero-order valence-electron chi connectivity index (χ0n) is 20.6. The number of nitrogens with one attached hydrogen (secondary N) is 3. The molecule has 1 fully saturated rings. The predicted molar refractivity (Wildman–Crippen MR) is 150 cm³/mol. The Morgan fingerprint density at radius 1 is 0.947 bits per heavy atom. The number of benzene rings is 2. The maximum atomic E-state index is 12.6. The molecular formula is C27H28N6O3S2. The average molecular weight is 549 g/mol. The Hall–Kier alpha value is -3.64. The van der Waals surface area contributed by atoms with Gasteiger partial charge in [-0.2, -0.15) is 0 Å². The first kappa shape index (κ1) is 26.0. The van der Waals surface area contributed by atoms with E-state index in [-0.39, 0.29) is 10.8 Å². The summed E-state index contributed by atoms with van der Waals surface area (Å²) in [6.07, 6.45) is 4.01. The van der Waals surface area contributed by atoms with Crippen LogP contribution in [-0.2, 0) is 10.0 Å². The monoisotopic (exact) mass is 548 g/mol. The highest BCUT2D eigenvalue weighted by Crippen LogP contribution is 2.23. The molecule has 0 saturated carbocycles. The van der Waals surface area contributed by atoms with Crippen molar-refractivity contribution >= 4 is 44.6 Å². The molecule has 2 aromatic heterocycles. The van der Waals surface area contributed by atoms with Crippen molar-refractivity contribution in [2.24, 2.45) is 0 Å².